The van der Waals surface area contributed by atoms with Crippen molar-refractivity contribution < 1.29 is 4.79 Å². The lowest BCUT2D eigenvalue weighted by Crippen LogP contribution is -1.93. The van der Waals surface area contributed by atoms with Crippen LogP contribution in [-0.4, -0.2) is 11.3 Å². The molecule has 0 spiro atoms. The van der Waals surface area contributed by atoms with Crippen molar-refractivity contribution in [3.05, 3.63) is 28.0 Å². The molecule has 0 radical (unpaired) electrons. The molecule has 12 heavy (non-hydrogen) atoms. The van der Waals surface area contributed by atoms with E-state index in [4.69, 9.17) is 23.2 Å². The van der Waals surface area contributed by atoms with Gasteiger partial charge in [0.2, 0.25) is 0 Å². The zero-order valence-corrected chi connectivity index (χ0v) is 8.90. The number of aldehydes is 1. The van der Waals surface area contributed by atoms with Gasteiger partial charge in [-0.3, -0.25) is 0 Å². The Hall–Kier alpha value is -0.120. The Kier molecular flexibility index (Phi) is 3.50. The predicted octanol–water partition coefficient (Wildman–Crippen LogP) is 3.02. The summed E-state index contributed by atoms with van der Waals surface area (Å²) >= 11 is 14.5. The Bertz CT molecular complexity index is 305. The van der Waals surface area contributed by atoms with Gasteiger partial charge in [0.15, 0.2) is 0 Å². The lowest BCUT2D eigenvalue weighted by Gasteiger charge is -2.03. The Labute approximate surface area is 88.0 Å². The number of rotatable bonds is 2. The summed E-state index contributed by atoms with van der Waals surface area (Å²) < 4.78 is 0. The molecule has 1 rings (SSSR count). The van der Waals surface area contributed by atoms with E-state index in [0.29, 0.717) is 10.6 Å². The van der Waals surface area contributed by atoms with E-state index in [9.17, 15) is 4.79 Å². The summed E-state index contributed by atoms with van der Waals surface area (Å²) in [5, 5.41) is 0.745. The largest absolute Gasteiger partial charge is 0.302 e. The highest BCUT2D eigenvalue weighted by molar-refractivity contribution is 9.09. The SMILES string of the molecule is O=CC(Br)c1cc(Cl)cnc1Cl. The maximum atomic E-state index is 10.4. The maximum Gasteiger partial charge on any atom is 0.138 e. The van der Waals surface area contributed by atoms with Crippen LogP contribution in [0.2, 0.25) is 10.2 Å². The number of pyridine rings is 1. The molecule has 1 atom stereocenters. The molecular formula is C7H4BrCl2NO. The van der Waals surface area contributed by atoms with Gasteiger partial charge in [-0.15, -0.1) is 0 Å². The minimum Gasteiger partial charge on any atom is -0.302 e. The fraction of sp³-hybridized carbons (Fsp3) is 0.143. The average Bonchev–Trinajstić information content (AvgIpc) is 2.08. The second kappa shape index (κ2) is 4.21. The van der Waals surface area contributed by atoms with Crippen molar-refractivity contribution in [2.75, 3.05) is 0 Å². The summed E-state index contributed by atoms with van der Waals surface area (Å²) in [7, 11) is 0. The minimum absolute atomic E-state index is 0.286. The van der Waals surface area contributed by atoms with Crippen LogP contribution in [0.25, 0.3) is 0 Å². The van der Waals surface area contributed by atoms with Crippen LogP contribution in [0.5, 0.6) is 0 Å². The third kappa shape index (κ3) is 2.19. The molecule has 1 unspecified atom stereocenters. The fourth-order valence-electron chi connectivity index (χ4n) is 0.705. The third-order valence-corrected chi connectivity index (χ3v) is 2.48. The van der Waals surface area contributed by atoms with E-state index in [2.05, 4.69) is 20.9 Å². The second-order valence-electron chi connectivity index (χ2n) is 2.07. The van der Waals surface area contributed by atoms with Crippen LogP contribution < -0.4 is 0 Å². The highest BCUT2D eigenvalue weighted by atomic mass is 79.9. The molecule has 0 amide bonds. The summed E-state index contributed by atoms with van der Waals surface area (Å²) in [6.07, 6.45) is 2.15. The molecular weight excluding hydrogens is 265 g/mol. The average molecular weight is 269 g/mol. The lowest BCUT2D eigenvalue weighted by atomic mass is 10.2. The fourth-order valence-corrected chi connectivity index (χ4v) is 1.57. The molecule has 64 valence electrons. The Morgan fingerprint density at radius 2 is 2.25 bits per heavy atom. The Balaban J connectivity index is 3.12. The van der Waals surface area contributed by atoms with E-state index >= 15 is 0 Å². The third-order valence-electron chi connectivity index (χ3n) is 1.25. The molecule has 0 aliphatic carbocycles. The van der Waals surface area contributed by atoms with Crippen molar-refractivity contribution >= 4 is 45.4 Å². The first-order valence-electron chi connectivity index (χ1n) is 3.05. The first-order chi connectivity index (χ1) is 5.65. The summed E-state index contributed by atoms with van der Waals surface area (Å²) in [4.78, 5) is 13.7. The molecule has 0 N–H and O–H groups in total. The molecule has 0 fully saturated rings. The van der Waals surface area contributed by atoms with Gasteiger partial charge < -0.3 is 4.79 Å². The standard InChI is InChI=1S/C7H4BrCl2NO/c8-6(3-12)5-1-4(9)2-11-7(5)10/h1-3,6H. The van der Waals surface area contributed by atoms with Gasteiger partial charge in [-0.1, -0.05) is 39.1 Å². The van der Waals surface area contributed by atoms with Crippen molar-refractivity contribution in [3.8, 4) is 0 Å². The summed E-state index contributed by atoms with van der Waals surface area (Å²) in [6.45, 7) is 0. The highest BCUT2D eigenvalue weighted by Crippen LogP contribution is 2.28. The van der Waals surface area contributed by atoms with E-state index in [0.717, 1.165) is 6.29 Å². The molecule has 5 heteroatoms. The van der Waals surface area contributed by atoms with Crippen LogP contribution in [0.1, 0.15) is 10.4 Å². The minimum atomic E-state index is -0.448. The van der Waals surface area contributed by atoms with E-state index in [-0.39, 0.29) is 5.15 Å². The van der Waals surface area contributed by atoms with Crippen molar-refractivity contribution in [2.45, 2.75) is 4.83 Å². The van der Waals surface area contributed by atoms with Gasteiger partial charge in [0, 0.05) is 11.8 Å². The topological polar surface area (TPSA) is 30.0 Å². The van der Waals surface area contributed by atoms with E-state index < -0.39 is 4.83 Å². The lowest BCUT2D eigenvalue weighted by molar-refractivity contribution is -0.107. The Morgan fingerprint density at radius 1 is 1.58 bits per heavy atom. The number of halogens is 3. The molecule has 0 aliphatic heterocycles. The smallest absolute Gasteiger partial charge is 0.138 e. The van der Waals surface area contributed by atoms with Gasteiger partial charge in [0.05, 0.1) is 9.85 Å². The van der Waals surface area contributed by atoms with Gasteiger partial charge in [0.1, 0.15) is 11.4 Å². The molecule has 0 bridgehead atoms. The number of carbonyl (C=O) groups excluding carboxylic acids is 1. The first kappa shape index (κ1) is 9.96. The summed E-state index contributed by atoms with van der Waals surface area (Å²) in [6, 6.07) is 1.60. The van der Waals surface area contributed by atoms with Crippen LogP contribution in [-0.2, 0) is 4.79 Å². The molecule has 0 saturated carbocycles. The molecule has 1 aromatic heterocycles. The zero-order chi connectivity index (χ0) is 9.14. The van der Waals surface area contributed by atoms with Crippen molar-refractivity contribution in [3.63, 3.8) is 0 Å². The number of hydrogen-bond donors (Lipinski definition) is 0. The molecule has 1 heterocycles. The number of hydrogen-bond acceptors (Lipinski definition) is 2. The van der Waals surface area contributed by atoms with Crippen LogP contribution in [0.15, 0.2) is 12.3 Å². The zero-order valence-electron chi connectivity index (χ0n) is 5.80. The normalized spacial score (nSPS) is 12.6. The van der Waals surface area contributed by atoms with Crippen LogP contribution in [0.4, 0.5) is 0 Å². The van der Waals surface area contributed by atoms with Crippen molar-refractivity contribution in [2.24, 2.45) is 0 Å². The number of nitrogens with zero attached hydrogens (tertiary/aromatic N) is 1. The van der Waals surface area contributed by atoms with Gasteiger partial charge >= 0.3 is 0 Å². The summed E-state index contributed by atoms with van der Waals surface area (Å²) in [5.74, 6) is 0. The van der Waals surface area contributed by atoms with E-state index in [1.807, 2.05) is 0 Å². The van der Waals surface area contributed by atoms with E-state index in [1.54, 1.807) is 6.07 Å². The van der Waals surface area contributed by atoms with Gasteiger partial charge in [0.25, 0.3) is 0 Å². The van der Waals surface area contributed by atoms with Crippen LogP contribution >= 0.6 is 39.1 Å². The monoisotopic (exact) mass is 267 g/mol. The molecule has 0 saturated heterocycles. The van der Waals surface area contributed by atoms with Gasteiger partial charge in [-0.2, -0.15) is 0 Å². The summed E-state index contributed by atoms with van der Waals surface area (Å²) in [5.41, 5.74) is 0.583. The molecule has 0 aromatic carbocycles. The predicted molar refractivity (Wildman–Crippen MR) is 52.0 cm³/mol. The number of alkyl halides is 1. The maximum absolute atomic E-state index is 10.4. The van der Waals surface area contributed by atoms with Crippen LogP contribution in [0.3, 0.4) is 0 Å². The van der Waals surface area contributed by atoms with Gasteiger partial charge in [-0.25, -0.2) is 4.98 Å². The second-order valence-corrected chi connectivity index (χ2v) is 3.85. The molecule has 1 aromatic rings. The van der Waals surface area contributed by atoms with E-state index in [1.165, 1.54) is 6.20 Å². The number of aromatic nitrogens is 1. The van der Waals surface area contributed by atoms with Gasteiger partial charge in [-0.05, 0) is 6.07 Å². The number of carbonyl (C=O) groups is 1. The Morgan fingerprint density at radius 3 is 2.83 bits per heavy atom. The highest BCUT2D eigenvalue weighted by Gasteiger charge is 2.11. The van der Waals surface area contributed by atoms with Crippen molar-refractivity contribution in [1.29, 1.82) is 0 Å². The molecule has 2 nitrogen and oxygen atoms in total. The first-order valence-corrected chi connectivity index (χ1v) is 4.72. The van der Waals surface area contributed by atoms with Crippen molar-refractivity contribution in [1.82, 2.24) is 4.98 Å². The quantitative estimate of drug-likeness (QED) is 0.469. The van der Waals surface area contributed by atoms with Crippen LogP contribution in [0, 0.1) is 0 Å². The molecule has 0 aliphatic rings.